The molecule has 0 aromatic carbocycles. The minimum Gasteiger partial charge on any atom is -0.478 e. The number of carbonyl (C=O) groups is 1. The first kappa shape index (κ1) is 16.4. The molecule has 3 N–H and O–H groups in total. The molecule has 0 fully saturated rings. The lowest BCUT2D eigenvalue weighted by atomic mass is 9.90. The maximum Gasteiger partial charge on any atom is 0.335 e. The highest BCUT2D eigenvalue weighted by Gasteiger charge is 2.20. The van der Waals surface area contributed by atoms with E-state index in [1.165, 1.54) is 6.07 Å². The van der Waals surface area contributed by atoms with Gasteiger partial charge in [0, 0.05) is 29.7 Å². The van der Waals surface area contributed by atoms with E-state index in [0.717, 1.165) is 5.69 Å². The number of carboxylic acid groups (broad SMARTS) is 1. The van der Waals surface area contributed by atoms with Gasteiger partial charge in [-0.25, -0.2) is 9.78 Å². The van der Waals surface area contributed by atoms with E-state index in [4.69, 9.17) is 0 Å². The van der Waals surface area contributed by atoms with Gasteiger partial charge in [-0.05, 0) is 12.1 Å². The lowest BCUT2D eigenvalue weighted by Crippen LogP contribution is -2.27. The minimum atomic E-state index is -0.970. The molecule has 0 saturated carbocycles. The van der Waals surface area contributed by atoms with Crippen LogP contribution in [0.25, 0.3) is 0 Å². The number of hydrogen-bond acceptors (Lipinski definition) is 4. The Labute approximate surface area is 120 Å². The molecule has 0 unspecified atom stereocenters. The van der Waals surface area contributed by atoms with Crippen molar-refractivity contribution in [3.05, 3.63) is 23.4 Å². The van der Waals surface area contributed by atoms with Crippen molar-refractivity contribution in [3.63, 3.8) is 0 Å². The normalized spacial score (nSPS) is 12.3. The van der Waals surface area contributed by atoms with Gasteiger partial charge in [-0.15, -0.1) is 0 Å². The summed E-state index contributed by atoms with van der Waals surface area (Å²) >= 11 is 0. The summed E-state index contributed by atoms with van der Waals surface area (Å²) in [5, 5.41) is 21.5. The van der Waals surface area contributed by atoms with Crippen LogP contribution in [0.3, 0.4) is 0 Å². The van der Waals surface area contributed by atoms with Gasteiger partial charge in [0.05, 0.1) is 5.56 Å². The zero-order valence-corrected chi connectivity index (χ0v) is 12.8. The molecule has 5 nitrogen and oxygen atoms in total. The van der Waals surface area contributed by atoms with E-state index in [1.807, 2.05) is 34.6 Å². The molecule has 1 aromatic rings. The Hall–Kier alpha value is -1.62. The molecule has 0 aliphatic carbocycles. The first-order chi connectivity index (χ1) is 9.05. The van der Waals surface area contributed by atoms with Crippen LogP contribution in [0.5, 0.6) is 0 Å². The summed E-state index contributed by atoms with van der Waals surface area (Å²) in [6, 6.07) is 3.12. The number of aromatic nitrogens is 1. The summed E-state index contributed by atoms with van der Waals surface area (Å²) in [7, 11) is 0. The number of aliphatic hydroxyl groups is 1. The second-order valence-corrected chi connectivity index (χ2v) is 6.86. The van der Waals surface area contributed by atoms with Crippen LogP contribution in [0.15, 0.2) is 12.1 Å². The van der Waals surface area contributed by atoms with Gasteiger partial charge in [-0.1, -0.05) is 34.6 Å². The van der Waals surface area contributed by atoms with E-state index in [2.05, 4.69) is 10.3 Å². The summed E-state index contributed by atoms with van der Waals surface area (Å²) < 4.78 is 0. The van der Waals surface area contributed by atoms with Crippen LogP contribution in [0.4, 0.5) is 5.82 Å². The summed E-state index contributed by atoms with van der Waals surface area (Å²) in [4.78, 5) is 15.7. The van der Waals surface area contributed by atoms with Crippen LogP contribution < -0.4 is 5.32 Å². The number of aliphatic hydroxyl groups excluding tert-OH is 1. The van der Waals surface area contributed by atoms with Crippen LogP contribution in [-0.4, -0.2) is 34.3 Å². The molecule has 5 heteroatoms. The Kier molecular flexibility index (Phi) is 4.76. The molecule has 0 bridgehead atoms. The van der Waals surface area contributed by atoms with Crippen molar-refractivity contribution in [1.82, 2.24) is 4.98 Å². The lowest BCUT2D eigenvalue weighted by Gasteiger charge is -2.24. The zero-order valence-electron chi connectivity index (χ0n) is 12.8. The second kappa shape index (κ2) is 5.79. The predicted molar refractivity (Wildman–Crippen MR) is 79.3 cm³/mol. The smallest absolute Gasteiger partial charge is 0.335 e. The summed E-state index contributed by atoms with van der Waals surface area (Å²) in [5.41, 5.74) is 0.424. The molecular formula is C15H24N2O3. The number of pyridine rings is 1. The third-order valence-electron chi connectivity index (χ3n) is 3.02. The molecule has 0 radical (unpaired) electrons. The Morgan fingerprint density at radius 1 is 1.25 bits per heavy atom. The monoisotopic (exact) mass is 280 g/mol. The molecular weight excluding hydrogens is 256 g/mol. The Morgan fingerprint density at radius 3 is 2.30 bits per heavy atom. The number of carboxylic acids is 1. The number of nitrogens with one attached hydrogen (secondary N) is 1. The molecule has 1 heterocycles. The molecule has 0 aliphatic rings. The van der Waals surface area contributed by atoms with Gasteiger partial charge < -0.3 is 15.5 Å². The fourth-order valence-corrected chi connectivity index (χ4v) is 1.51. The van der Waals surface area contributed by atoms with Crippen LogP contribution >= 0.6 is 0 Å². The average molecular weight is 280 g/mol. The molecule has 0 spiro atoms. The lowest BCUT2D eigenvalue weighted by molar-refractivity contribution is 0.0696. The topological polar surface area (TPSA) is 82.5 Å². The predicted octanol–water partition coefficient (Wildman–Crippen LogP) is 2.51. The maximum absolute atomic E-state index is 11.2. The molecule has 20 heavy (non-hydrogen) atoms. The number of aromatic carboxylic acids is 1. The van der Waals surface area contributed by atoms with Crippen molar-refractivity contribution < 1.29 is 15.0 Å². The number of hydrogen-bond donors (Lipinski definition) is 3. The number of nitrogens with zero attached hydrogens (tertiary/aromatic N) is 1. The first-order valence-electron chi connectivity index (χ1n) is 6.66. The summed E-state index contributed by atoms with van der Waals surface area (Å²) in [6.45, 7) is 10.4. The summed E-state index contributed by atoms with van der Waals surface area (Å²) in [5.74, 6) is -0.446. The van der Waals surface area contributed by atoms with Crippen molar-refractivity contribution in [3.8, 4) is 0 Å². The molecule has 1 aromatic heterocycles. The van der Waals surface area contributed by atoms with Crippen molar-refractivity contribution in [1.29, 1.82) is 0 Å². The van der Waals surface area contributed by atoms with E-state index in [0.29, 0.717) is 12.4 Å². The van der Waals surface area contributed by atoms with Gasteiger partial charge in [-0.3, -0.25) is 0 Å². The number of rotatable bonds is 5. The zero-order chi connectivity index (χ0) is 15.6. The van der Waals surface area contributed by atoms with Gasteiger partial charge in [0.15, 0.2) is 0 Å². The van der Waals surface area contributed by atoms with E-state index < -0.39 is 5.97 Å². The first-order valence-corrected chi connectivity index (χ1v) is 6.66. The van der Waals surface area contributed by atoms with Crippen LogP contribution in [-0.2, 0) is 5.41 Å². The average Bonchev–Trinajstić information content (AvgIpc) is 2.35. The van der Waals surface area contributed by atoms with E-state index in [1.54, 1.807) is 6.07 Å². The second-order valence-electron chi connectivity index (χ2n) is 6.86. The van der Waals surface area contributed by atoms with Gasteiger partial charge in [0.2, 0.25) is 0 Å². The molecule has 0 amide bonds. The Morgan fingerprint density at radius 2 is 1.85 bits per heavy atom. The van der Waals surface area contributed by atoms with Crippen molar-refractivity contribution in [2.24, 2.45) is 5.41 Å². The van der Waals surface area contributed by atoms with E-state index in [9.17, 15) is 15.0 Å². The largest absolute Gasteiger partial charge is 0.478 e. The van der Waals surface area contributed by atoms with Crippen molar-refractivity contribution in [2.75, 3.05) is 18.5 Å². The van der Waals surface area contributed by atoms with Crippen molar-refractivity contribution in [2.45, 2.75) is 40.0 Å². The van der Waals surface area contributed by atoms with Gasteiger partial charge >= 0.3 is 5.97 Å². The fourth-order valence-electron chi connectivity index (χ4n) is 1.51. The third-order valence-corrected chi connectivity index (χ3v) is 3.02. The number of anilines is 1. The Balaban J connectivity index is 3.07. The van der Waals surface area contributed by atoms with E-state index >= 15 is 0 Å². The van der Waals surface area contributed by atoms with Crippen LogP contribution in [0.1, 0.15) is 50.7 Å². The highest BCUT2D eigenvalue weighted by Crippen LogP contribution is 2.24. The van der Waals surface area contributed by atoms with Crippen molar-refractivity contribution >= 4 is 11.8 Å². The van der Waals surface area contributed by atoms with Gasteiger partial charge in [0.1, 0.15) is 5.82 Å². The molecule has 1 rings (SSSR count). The summed E-state index contributed by atoms with van der Waals surface area (Å²) in [6.07, 6.45) is 0. The highest BCUT2D eigenvalue weighted by atomic mass is 16.4. The maximum atomic E-state index is 11.2. The quantitative estimate of drug-likeness (QED) is 0.772. The fraction of sp³-hybridized carbons (Fsp3) is 0.600. The SMILES string of the molecule is CC(C)(CO)CNc1cc(C(=O)O)cc(C(C)(C)C)n1. The van der Waals surface area contributed by atoms with Gasteiger partial charge in [0.25, 0.3) is 0 Å². The van der Waals surface area contributed by atoms with Crippen LogP contribution in [0, 0.1) is 5.41 Å². The standard InChI is InChI=1S/C15H24N2O3/c1-14(2,3)11-6-10(13(19)20)7-12(17-11)16-8-15(4,5)9-18/h6-7,18H,8-9H2,1-5H3,(H,16,17)(H,19,20). The minimum absolute atomic E-state index is 0.0464. The van der Waals surface area contributed by atoms with E-state index in [-0.39, 0.29) is 23.0 Å². The molecule has 112 valence electrons. The molecule has 0 saturated heterocycles. The molecule has 0 aliphatic heterocycles. The molecule has 0 atom stereocenters. The Bertz CT molecular complexity index is 490. The third kappa shape index (κ3) is 4.49. The van der Waals surface area contributed by atoms with Gasteiger partial charge in [-0.2, -0.15) is 0 Å². The van der Waals surface area contributed by atoms with Crippen LogP contribution in [0.2, 0.25) is 0 Å². The highest BCUT2D eigenvalue weighted by molar-refractivity contribution is 5.88.